The summed E-state index contributed by atoms with van der Waals surface area (Å²) in [5, 5.41) is 32.4. The number of esters is 1. The van der Waals surface area contributed by atoms with Crippen LogP contribution in [0.3, 0.4) is 0 Å². The van der Waals surface area contributed by atoms with E-state index < -0.39 is 27.8 Å². The van der Waals surface area contributed by atoms with Crippen LogP contribution >= 0.6 is 0 Å². The van der Waals surface area contributed by atoms with Gasteiger partial charge in [0.15, 0.2) is 0 Å². The molecule has 4 rings (SSSR count). The number of carbonyl (C=O) groups is 1. The number of ether oxygens (including phenoxy) is 1. The molecule has 5 heteroatoms. The van der Waals surface area contributed by atoms with E-state index in [0.717, 1.165) is 19.3 Å². The van der Waals surface area contributed by atoms with Gasteiger partial charge in [-0.15, -0.1) is 0 Å². The SMILES string of the molecule is CCCCC(C)(CC)C(=O)OC12CC3(O)CC(O)(CC(O)(C3)C1)C2. The first-order valence-electron chi connectivity index (χ1n) is 9.40. The zero-order valence-corrected chi connectivity index (χ0v) is 15.2. The Labute approximate surface area is 144 Å². The molecule has 0 heterocycles. The largest absolute Gasteiger partial charge is 0.458 e. The Morgan fingerprint density at radius 2 is 1.42 bits per heavy atom. The van der Waals surface area contributed by atoms with E-state index in [-0.39, 0.29) is 25.2 Å². The standard InChI is InChI=1S/C19H32O5/c1-4-6-7-15(3,5-2)14(20)24-19-11-16(21)8-17(22,12-19)10-18(23,9-16)13-19/h21-23H,4-13H2,1-3H3. The van der Waals surface area contributed by atoms with Crippen LogP contribution in [0.1, 0.15) is 85.0 Å². The monoisotopic (exact) mass is 340 g/mol. The van der Waals surface area contributed by atoms with E-state index in [1.54, 1.807) is 0 Å². The Bertz CT molecular complexity index is 476. The second-order valence-electron chi connectivity index (χ2n) is 9.32. The molecule has 4 fully saturated rings. The molecule has 0 amide bonds. The van der Waals surface area contributed by atoms with E-state index in [2.05, 4.69) is 6.92 Å². The average Bonchev–Trinajstić information content (AvgIpc) is 2.38. The molecular formula is C19H32O5. The van der Waals surface area contributed by atoms with Crippen molar-refractivity contribution in [3.05, 3.63) is 0 Å². The third kappa shape index (κ3) is 2.99. The van der Waals surface area contributed by atoms with Crippen LogP contribution in [0.2, 0.25) is 0 Å². The highest BCUT2D eigenvalue weighted by Crippen LogP contribution is 2.62. The molecule has 0 aromatic heterocycles. The van der Waals surface area contributed by atoms with Gasteiger partial charge in [0, 0.05) is 38.5 Å². The van der Waals surface area contributed by atoms with Crippen molar-refractivity contribution < 1.29 is 24.9 Å². The summed E-state index contributed by atoms with van der Waals surface area (Å²) < 4.78 is 5.98. The molecule has 3 N–H and O–H groups in total. The van der Waals surface area contributed by atoms with Gasteiger partial charge in [-0.1, -0.05) is 26.7 Å². The van der Waals surface area contributed by atoms with Gasteiger partial charge in [-0.2, -0.15) is 0 Å². The van der Waals surface area contributed by atoms with Crippen LogP contribution in [0.25, 0.3) is 0 Å². The number of hydrogen-bond donors (Lipinski definition) is 3. The molecule has 1 unspecified atom stereocenters. The zero-order valence-electron chi connectivity index (χ0n) is 15.2. The fourth-order valence-corrected chi connectivity index (χ4v) is 5.80. The van der Waals surface area contributed by atoms with Gasteiger partial charge in [0.1, 0.15) is 5.60 Å². The van der Waals surface area contributed by atoms with Crippen LogP contribution < -0.4 is 0 Å². The maximum atomic E-state index is 12.9. The van der Waals surface area contributed by atoms with Gasteiger partial charge >= 0.3 is 5.97 Å². The number of carbonyl (C=O) groups excluding carboxylic acids is 1. The first kappa shape index (κ1) is 18.2. The molecule has 0 aliphatic heterocycles. The maximum absolute atomic E-state index is 12.9. The summed E-state index contributed by atoms with van der Waals surface area (Å²) in [5.41, 5.74) is -4.89. The predicted molar refractivity (Wildman–Crippen MR) is 89.3 cm³/mol. The minimum Gasteiger partial charge on any atom is -0.458 e. The van der Waals surface area contributed by atoms with Gasteiger partial charge in [0.25, 0.3) is 0 Å². The van der Waals surface area contributed by atoms with E-state index in [0.29, 0.717) is 25.7 Å². The first-order valence-corrected chi connectivity index (χ1v) is 9.40. The van der Waals surface area contributed by atoms with Crippen molar-refractivity contribution >= 4 is 5.97 Å². The molecule has 1 atom stereocenters. The molecular weight excluding hydrogens is 308 g/mol. The summed E-state index contributed by atoms with van der Waals surface area (Å²) >= 11 is 0. The molecule has 5 nitrogen and oxygen atoms in total. The van der Waals surface area contributed by atoms with E-state index in [1.165, 1.54) is 0 Å². The maximum Gasteiger partial charge on any atom is 0.312 e. The van der Waals surface area contributed by atoms with Crippen LogP contribution in [0.15, 0.2) is 0 Å². The summed E-state index contributed by atoms with van der Waals surface area (Å²) in [6.07, 6.45) is 5.22. The molecule has 24 heavy (non-hydrogen) atoms. The second kappa shape index (κ2) is 5.42. The third-order valence-electron chi connectivity index (χ3n) is 6.59. The molecule has 138 valence electrons. The van der Waals surface area contributed by atoms with Crippen LogP contribution in [-0.2, 0) is 9.53 Å². The Morgan fingerprint density at radius 3 is 1.79 bits per heavy atom. The number of rotatable bonds is 6. The summed E-state index contributed by atoms with van der Waals surface area (Å²) in [5.74, 6) is -0.254. The van der Waals surface area contributed by atoms with E-state index in [1.807, 2.05) is 13.8 Å². The number of unbranched alkanes of at least 4 members (excludes halogenated alkanes) is 1. The minimum atomic E-state index is -1.13. The van der Waals surface area contributed by atoms with Crippen LogP contribution in [0.5, 0.6) is 0 Å². The molecule has 4 aliphatic rings. The highest BCUT2D eigenvalue weighted by molar-refractivity contribution is 5.77. The van der Waals surface area contributed by atoms with E-state index >= 15 is 0 Å². The Hall–Kier alpha value is -0.650. The van der Waals surface area contributed by atoms with Crippen molar-refractivity contribution in [2.75, 3.05) is 0 Å². The molecule has 0 aromatic rings. The van der Waals surface area contributed by atoms with Crippen LogP contribution in [-0.4, -0.2) is 43.7 Å². The summed E-state index contributed by atoms with van der Waals surface area (Å²) in [7, 11) is 0. The Morgan fingerprint density at radius 1 is 0.958 bits per heavy atom. The highest BCUT2D eigenvalue weighted by Gasteiger charge is 2.69. The number of aliphatic hydroxyl groups is 3. The number of hydrogen-bond acceptors (Lipinski definition) is 5. The fourth-order valence-electron chi connectivity index (χ4n) is 5.80. The summed E-state index contributed by atoms with van der Waals surface area (Å²) in [4.78, 5) is 12.9. The summed E-state index contributed by atoms with van der Waals surface area (Å²) in [6.45, 7) is 6.02. The lowest BCUT2D eigenvalue weighted by Gasteiger charge is -2.65. The van der Waals surface area contributed by atoms with Crippen molar-refractivity contribution in [2.24, 2.45) is 5.41 Å². The summed E-state index contributed by atoms with van der Waals surface area (Å²) in [6, 6.07) is 0. The predicted octanol–water partition coefficient (Wildman–Crippen LogP) is 2.45. The topological polar surface area (TPSA) is 87.0 Å². The normalized spacial score (nSPS) is 45.9. The first-order chi connectivity index (χ1) is 11.0. The van der Waals surface area contributed by atoms with Gasteiger partial charge in [0.05, 0.1) is 22.2 Å². The van der Waals surface area contributed by atoms with Gasteiger partial charge < -0.3 is 20.1 Å². The Kier molecular flexibility index (Phi) is 4.10. The lowest BCUT2D eigenvalue weighted by atomic mass is 9.48. The molecule has 4 bridgehead atoms. The fraction of sp³-hybridized carbons (Fsp3) is 0.947. The van der Waals surface area contributed by atoms with Gasteiger partial charge in [-0.3, -0.25) is 4.79 Å². The third-order valence-corrected chi connectivity index (χ3v) is 6.59. The lowest BCUT2D eigenvalue weighted by Crippen LogP contribution is -2.72. The lowest BCUT2D eigenvalue weighted by molar-refractivity contribution is -0.303. The van der Waals surface area contributed by atoms with Crippen molar-refractivity contribution in [1.29, 1.82) is 0 Å². The molecule has 0 aromatic carbocycles. The van der Waals surface area contributed by atoms with Gasteiger partial charge in [-0.25, -0.2) is 0 Å². The molecule has 0 spiro atoms. The smallest absolute Gasteiger partial charge is 0.312 e. The van der Waals surface area contributed by atoms with Gasteiger partial charge in [-0.05, 0) is 19.8 Å². The zero-order chi connectivity index (χ0) is 17.9. The van der Waals surface area contributed by atoms with Crippen molar-refractivity contribution in [3.63, 3.8) is 0 Å². The van der Waals surface area contributed by atoms with E-state index in [9.17, 15) is 20.1 Å². The molecule has 0 radical (unpaired) electrons. The minimum absolute atomic E-state index is 0.254. The molecule has 0 saturated heterocycles. The van der Waals surface area contributed by atoms with Crippen molar-refractivity contribution in [2.45, 2.75) is 107 Å². The van der Waals surface area contributed by atoms with Crippen molar-refractivity contribution in [3.8, 4) is 0 Å². The molecule has 4 saturated carbocycles. The second-order valence-corrected chi connectivity index (χ2v) is 9.32. The van der Waals surface area contributed by atoms with E-state index in [4.69, 9.17) is 4.74 Å². The van der Waals surface area contributed by atoms with Crippen LogP contribution in [0.4, 0.5) is 0 Å². The van der Waals surface area contributed by atoms with Crippen LogP contribution in [0, 0.1) is 5.41 Å². The Balaban J connectivity index is 1.83. The molecule has 4 aliphatic carbocycles. The highest BCUT2D eigenvalue weighted by atomic mass is 16.6. The van der Waals surface area contributed by atoms with Gasteiger partial charge in [0.2, 0.25) is 0 Å². The average molecular weight is 340 g/mol. The quantitative estimate of drug-likeness (QED) is 0.647. The van der Waals surface area contributed by atoms with Crippen molar-refractivity contribution in [1.82, 2.24) is 0 Å².